The van der Waals surface area contributed by atoms with Crippen LogP contribution in [0.25, 0.3) is 0 Å². The van der Waals surface area contributed by atoms with Crippen molar-refractivity contribution in [3.05, 3.63) is 34.9 Å². The predicted molar refractivity (Wildman–Crippen MR) is 77.6 cm³/mol. The molecule has 1 aliphatic carbocycles. The van der Waals surface area contributed by atoms with Gasteiger partial charge in [0.2, 0.25) is 0 Å². The van der Waals surface area contributed by atoms with Crippen LogP contribution in [0.15, 0.2) is 18.2 Å². The van der Waals surface area contributed by atoms with Crippen molar-refractivity contribution < 1.29 is 13.6 Å². The fourth-order valence-electron chi connectivity index (χ4n) is 2.74. The molecule has 0 saturated carbocycles. The first-order valence-corrected chi connectivity index (χ1v) is 8.89. The van der Waals surface area contributed by atoms with E-state index in [0.29, 0.717) is 19.4 Å². The van der Waals surface area contributed by atoms with Crippen molar-refractivity contribution in [3.63, 3.8) is 0 Å². The van der Waals surface area contributed by atoms with Crippen molar-refractivity contribution >= 4 is 7.60 Å². The molecule has 0 amide bonds. The van der Waals surface area contributed by atoms with Gasteiger partial charge in [0, 0.05) is 0 Å². The lowest BCUT2D eigenvalue weighted by atomic mass is 9.89. The van der Waals surface area contributed by atoms with Gasteiger partial charge < -0.3 is 9.05 Å². The van der Waals surface area contributed by atoms with Gasteiger partial charge in [-0.1, -0.05) is 18.2 Å². The molecule has 0 aromatic heterocycles. The zero-order valence-electron chi connectivity index (χ0n) is 11.9. The molecule has 0 bridgehead atoms. The van der Waals surface area contributed by atoms with E-state index in [-0.39, 0.29) is 0 Å². The van der Waals surface area contributed by atoms with Crippen LogP contribution in [0.4, 0.5) is 0 Å². The molecule has 1 aromatic carbocycles. The van der Waals surface area contributed by atoms with Crippen LogP contribution < -0.4 is 0 Å². The number of rotatable bonds is 6. The summed E-state index contributed by atoms with van der Waals surface area (Å²) in [7, 11) is -2.99. The van der Waals surface area contributed by atoms with Crippen molar-refractivity contribution in [1.29, 1.82) is 0 Å². The van der Waals surface area contributed by atoms with E-state index in [1.54, 1.807) is 0 Å². The zero-order valence-corrected chi connectivity index (χ0v) is 12.7. The summed E-state index contributed by atoms with van der Waals surface area (Å²) in [6.07, 6.45) is 5.10. The normalized spacial score (nSPS) is 15.3. The molecule has 19 heavy (non-hydrogen) atoms. The quantitative estimate of drug-likeness (QED) is 0.728. The summed E-state index contributed by atoms with van der Waals surface area (Å²) in [5.41, 5.74) is 3.92. The highest BCUT2D eigenvalue weighted by atomic mass is 31.2. The summed E-state index contributed by atoms with van der Waals surface area (Å²) in [6, 6.07) is 6.31. The Hall–Kier alpha value is -0.630. The first-order chi connectivity index (χ1) is 9.18. The molecule has 1 aliphatic rings. The molecule has 0 radical (unpaired) electrons. The van der Waals surface area contributed by atoms with Gasteiger partial charge in [0.1, 0.15) is 0 Å². The van der Waals surface area contributed by atoms with Crippen LogP contribution in [0, 0.1) is 0 Å². The highest BCUT2D eigenvalue weighted by Gasteiger charge is 2.26. The largest absolute Gasteiger partial charge is 0.335 e. The van der Waals surface area contributed by atoms with Gasteiger partial charge in [-0.05, 0) is 56.2 Å². The third-order valence-corrected chi connectivity index (χ3v) is 5.54. The molecule has 0 fully saturated rings. The lowest BCUT2D eigenvalue weighted by Crippen LogP contribution is -2.08. The fraction of sp³-hybridized carbons (Fsp3) is 0.600. The molecule has 0 spiro atoms. The maximum absolute atomic E-state index is 12.6. The van der Waals surface area contributed by atoms with E-state index in [9.17, 15) is 4.57 Å². The number of hydrogen-bond acceptors (Lipinski definition) is 3. The average molecular weight is 282 g/mol. The second kappa shape index (κ2) is 6.69. The second-order valence-electron chi connectivity index (χ2n) is 4.87. The van der Waals surface area contributed by atoms with E-state index < -0.39 is 7.60 Å². The molecule has 0 unspecified atom stereocenters. The van der Waals surface area contributed by atoms with Crippen molar-refractivity contribution in [1.82, 2.24) is 0 Å². The molecule has 4 heteroatoms. The molecular formula is C15H23O3P. The maximum atomic E-state index is 12.6. The molecule has 0 aliphatic heterocycles. The van der Waals surface area contributed by atoms with Crippen LogP contribution in [0.3, 0.4) is 0 Å². The molecule has 0 N–H and O–H groups in total. The SMILES string of the molecule is CCOP(=O)(Cc1cccc2c1CCCC2)OCC. The number of aryl methyl sites for hydroxylation is 1. The molecule has 0 atom stereocenters. The van der Waals surface area contributed by atoms with Crippen molar-refractivity contribution in [2.75, 3.05) is 13.2 Å². The lowest BCUT2D eigenvalue weighted by molar-refractivity contribution is 0.219. The average Bonchev–Trinajstić information content (AvgIpc) is 2.39. The minimum absolute atomic E-state index is 0.401. The smallest absolute Gasteiger partial charge is 0.309 e. The van der Waals surface area contributed by atoms with Gasteiger partial charge in [-0.3, -0.25) is 4.57 Å². The Balaban J connectivity index is 2.24. The molecule has 106 valence electrons. The second-order valence-corrected chi connectivity index (χ2v) is 6.92. The van der Waals surface area contributed by atoms with Crippen LogP contribution in [-0.2, 0) is 32.6 Å². The highest BCUT2D eigenvalue weighted by Crippen LogP contribution is 2.52. The molecule has 1 aromatic rings. The van der Waals surface area contributed by atoms with Crippen molar-refractivity contribution in [2.24, 2.45) is 0 Å². The van der Waals surface area contributed by atoms with Gasteiger partial charge >= 0.3 is 7.60 Å². The molecule has 2 rings (SSSR count). The van der Waals surface area contributed by atoms with Gasteiger partial charge in [0.05, 0.1) is 19.4 Å². The van der Waals surface area contributed by atoms with E-state index >= 15 is 0 Å². The maximum Gasteiger partial charge on any atom is 0.335 e. The summed E-state index contributed by atoms with van der Waals surface area (Å²) >= 11 is 0. The zero-order chi connectivity index (χ0) is 13.7. The molecule has 3 nitrogen and oxygen atoms in total. The number of benzene rings is 1. The van der Waals surface area contributed by atoms with Gasteiger partial charge in [0.15, 0.2) is 0 Å². The van der Waals surface area contributed by atoms with E-state index in [1.807, 2.05) is 13.8 Å². The first kappa shape index (κ1) is 14.8. The summed E-state index contributed by atoms with van der Waals surface area (Å²) in [4.78, 5) is 0. The van der Waals surface area contributed by atoms with E-state index in [2.05, 4.69) is 18.2 Å². The Bertz CT molecular complexity index is 460. The lowest BCUT2D eigenvalue weighted by Gasteiger charge is -2.22. The van der Waals surface area contributed by atoms with Gasteiger partial charge in [0.25, 0.3) is 0 Å². The third kappa shape index (κ3) is 3.68. The van der Waals surface area contributed by atoms with Crippen LogP contribution in [0.1, 0.15) is 43.4 Å². The molecule has 0 saturated heterocycles. The Kier molecular flexibility index (Phi) is 5.20. The van der Waals surface area contributed by atoms with E-state index in [1.165, 1.54) is 24.0 Å². The van der Waals surface area contributed by atoms with Gasteiger partial charge in [-0.25, -0.2) is 0 Å². The monoisotopic (exact) mass is 282 g/mol. The first-order valence-electron chi connectivity index (χ1n) is 7.16. The minimum Gasteiger partial charge on any atom is -0.309 e. The summed E-state index contributed by atoms with van der Waals surface area (Å²) < 4.78 is 23.4. The van der Waals surface area contributed by atoms with Crippen LogP contribution >= 0.6 is 7.60 Å². The number of hydrogen-bond donors (Lipinski definition) is 0. The minimum atomic E-state index is -2.99. The van der Waals surface area contributed by atoms with Crippen LogP contribution in [-0.4, -0.2) is 13.2 Å². The van der Waals surface area contributed by atoms with E-state index in [0.717, 1.165) is 18.4 Å². The van der Waals surface area contributed by atoms with Crippen LogP contribution in [0.5, 0.6) is 0 Å². The number of fused-ring (bicyclic) bond motifs is 1. The summed E-state index contributed by atoms with van der Waals surface area (Å²) in [6.45, 7) is 4.55. The van der Waals surface area contributed by atoms with Gasteiger partial charge in [-0.2, -0.15) is 0 Å². The predicted octanol–water partition coefficient (Wildman–Crippen LogP) is 4.33. The third-order valence-electron chi connectivity index (χ3n) is 3.51. The van der Waals surface area contributed by atoms with Crippen LogP contribution in [0.2, 0.25) is 0 Å². The Morgan fingerprint density at radius 3 is 2.47 bits per heavy atom. The van der Waals surface area contributed by atoms with E-state index in [4.69, 9.17) is 9.05 Å². The Morgan fingerprint density at radius 2 is 1.79 bits per heavy atom. The fourth-order valence-corrected chi connectivity index (χ4v) is 4.50. The molecular weight excluding hydrogens is 259 g/mol. The standard InChI is InChI=1S/C15H23O3P/c1-3-17-19(16,18-4-2)12-14-10-7-9-13-8-5-6-11-15(13)14/h7,9-10H,3-6,8,11-12H2,1-2H3. The highest BCUT2D eigenvalue weighted by molar-refractivity contribution is 7.53. The summed E-state index contributed by atoms with van der Waals surface area (Å²) in [5.74, 6) is 0. The van der Waals surface area contributed by atoms with Crippen molar-refractivity contribution in [2.45, 2.75) is 45.7 Å². The molecule has 0 heterocycles. The van der Waals surface area contributed by atoms with Crippen molar-refractivity contribution in [3.8, 4) is 0 Å². The van der Waals surface area contributed by atoms with Gasteiger partial charge in [-0.15, -0.1) is 0 Å². The Labute approximate surface area is 115 Å². The summed E-state index contributed by atoms with van der Waals surface area (Å²) in [5, 5.41) is 0. The topological polar surface area (TPSA) is 35.5 Å². The Morgan fingerprint density at radius 1 is 1.11 bits per heavy atom.